The quantitative estimate of drug-likeness (QED) is 0.430. The number of carbonyl (C=O) groups excluding carboxylic acids is 1. The Bertz CT molecular complexity index is 477. The van der Waals surface area contributed by atoms with Crippen molar-refractivity contribution >= 4 is 17.3 Å². The number of rotatable bonds is 8. The van der Waals surface area contributed by atoms with Crippen LogP contribution < -0.4 is 10.6 Å². The van der Waals surface area contributed by atoms with Gasteiger partial charge in [0.05, 0.1) is 10.5 Å². The highest BCUT2D eigenvalue weighted by Gasteiger charge is 2.20. The highest BCUT2D eigenvalue weighted by atomic mass is 16.6. The molecule has 0 atom stereocenters. The lowest BCUT2D eigenvalue weighted by Crippen LogP contribution is -2.26. The van der Waals surface area contributed by atoms with Crippen LogP contribution in [0.4, 0.5) is 11.4 Å². The molecule has 0 radical (unpaired) electrons. The lowest BCUT2D eigenvalue weighted by molar-refractivity contribution is -0.384. The van der Waals surface area contributed by atoms with Crippen LogP contribution in [0, 0.1) is 10.1 Å². The van der Waals surface area contributed by atoms with E-state index in [4.69, 9.17) is 4.74 Å². The van der Waals surface area contributed by atoms with Gasteiger partial charge in [-0.2, -0.15) is 0 Å². The second-order valence-corrected chi connectivity index (χ2v) is 4.01. The second kappa shape index (κ2) is 8.11. The summed E-state index contributed by atoms with van der Waals surface area (Å²) in [6, 6.07) is 4.41. The monoisotopic (exact) mass is 281 g/mol. The third-order valence-electron chi connectivity index (χ3n) is 2.69. The van der Waals surface area contributed by atoms with Gasteiger partial charge in [-0.25, -0.2) is 0 Å². The first kappa shape index (κ1) is 15.9. The topological polar surface area (TPSA) is 93.5 Å². The van der Waals surface area contributed by atoms with E-state index < -0.39 is 4.92 Å². The van der Waals surface area contributed by atoms with Gasteiger partial charge in [0.2, 0.25) is 0 Å². The van der Waals surface area contributed by atoms with Gasteiger partial charge in [0.1, 0.15) is 5.69 Å². The van der Waals surface area contributed by atoms with Gasteiger partial charge in [-0.15, -0.1) is 0 Å². The maximum Gasteiger partial charge on any atom is 0.293 e. The lowest BCUT2D eigenvalue weighted by Gasteiger charge is -2.10. The van der Waals surface area contributed by atoms with Crippen LogP contribution in [-0.2, 0) is 4.74 Å². The van der Waals surface area contributed by atoms with E-state index in [1.54, 1.807) is 13.1 Å². The molecule has 0 aromatic heterocycles. The Labute approximate surface area is 117 Å². The standard InChI is InChI=1S/C13H19N3O4/c1-3-20-9-5-8-15-13(17)10-6-4-7-11(16(18)19)12(10)14-2/h4,6-7,14H,3,5,8-9H2,1-2H3,(H,15,17). The Balaban J connectivity index is 2.72. The summed E-state index contributed by atoms with van der Waals surface area (Å²) >= 11 is 0. The average molecular weight is 281 g/mol. The van der Waals surface area contributed by atoms with Gasteiger partial charge in [-0.3, -0.25) is 14.9 Å². The van der Waals surface area contributed by atoms with Crippen LogP contribution in [0.2, 0.25) is 0 Å². The molecule has 1 aromatic carbocycles. The summed E-state index contributed by atoms with van der Waals surface area (Å²) in [5.41, 5.74) is 0.368. The molecule has 0 aliphatic rings. The normalized spacial score (nSPS) is 10.1. The van der Waals surface area contributed by atoms with Crippen LogP contribution in [-0.4, -0.2) is 37.6 Å². The first-order chi connectivity index (χ1) is 9.61. The molecule has 7 nitrogen and oxygen atoms in total. The van der Waals surface area contributed by atoms with E-state index in [9.17, 15) is 14.9 Å². The van der Waals surface area contributed by atoms with Crippen molar-refractivity contribution in [2.45, 2.75) is 13.3 Å². The van der Waals surface area contributed by atoms with Gasteiger partial charge < -0.3 is 15.4 Å². The average Bonchev–Trinajstić information content (AvgIpc) is 2.45. The van der Waals surface area contributed by atoms with Crippen molar-refractivity contribution in [2.24, 2.45) is 0 Å². The van der Waals surface area contributed by atoms with Crippen molar-refractivity contribution in [2.75, 3.05) is 32.1 Å². The highest BCUT2D eigenvalue weighted by Crippen LogP contribution is 2.27. The molecule has 0 unspecified atom stereocenters. The zero-order valence-electron chi connectivity index (χ0n) is 11.6. The molecule has 0 spiro atoms. The fourth-order valence-electron chi connectivity index (χ4n) is 1.76. The fourth-order valence-corrected chi connectivity index (χ4v) is 1.76. The molecule has 7 heteroatoms. The summed E-state index contributed by atoms with van der Waals surface area (Å²) in [5.74, 6) is -0.338. The summed E-state index contributed by atoms with van der Waals surface area (Å²) in [6.45, 7) is 3.58. The molecule has 0 saturated heterocycles. The molecule has 0 saturated carbocycles. The third-order valence-corrected chi connectivity index (χ3v) is 2.69. The summed E-state index contributed by atoms with van der Waals surface area (Å²) in [7, 11) is 1.55. The molecular formula is C13H19N3O4. The van der Waals surface area contributed by atoms with Crippen LogP contribution >= 0.6 is 0 Å². The van der Waals surface area contributed by atoms with E-state index in [2.05, 4.69) is 10.6 Å². The number of ether oxygens (including phenoxy) is 1. The number of hydrogen-bond donors (Lipinski definition) is 2. The van der Waals surface area contributed by atoms with Crippen LogP contribution in [0.3, 0.4) is 0 Å². The molecule has 0 bridgehead atoms. The van der Waals surface area contributed by atoms with Gasteiger partial charge in [-0.1, -0.05) is 6.07 Å². The van der Waals surface area contributed by atoms with E-state index in [1.807, 2.05) is 6.92 Å². The molecular weight excluding hydrogens is 262 g/mol. The first-order valence-electron chi connectivity index (χ1n) is 6.42. The largest absolute Gasteiger partial charge is 0.382 e. The molecule has 2 N–H and O–H groups in total. The Morgan fingerprint density at radius 2 is 2.20 bits per heavy atom. The number of nitro groups is 1. The zero-order chi connectivity index (χ0) is 15.0. The number of para-hydroxylation sites is 1. The van der Waals surface area contributed by atoms with Crippen molar-refractivity contribution < 1.29 is 14.5 Å². The van der Waals surface area contributed by atoms with E-state index in [0.717, 1.165) is 0 Å². The Hall–Kier alpha value is -2.15. The maximum atomic E-state index is 12.0. The molecule has 1 rings (SSSR count). The number of nitro benzene ring substituents is 1. The third kappa shape index (κ3) is 4.20. The molecule has 20 heavy (non-hydrogen) atoms. The fraction of sp³-hybridized carbons (Fsp3) is 0.462. The van der Waals surface area contributed by atoms with Crippen molar-refractivity contribution in [3.63, 3.8) is 0 Å². The maximum absolute atomic E-state index is 12.0. The smallest absolute Gasteiger partial charge is 0.293 e. The minimum absolute atomic E-state index is 0.116. The second-order valence-electron chi connectivity index (χ2n) is 4.01. The lowest BCUT2D eigenvalue weighted by atomic mass is 10.1. The molecule has 1 amide bonds. The summed E-state index contributed by atoms with van der Waals surface area (Å²) in [5, 5.41) is 16.3. The van der Waals surface area contributed by atoms with E-state index >= 15 is 0 Å². The molecule has 0 fully saturated rings. The number of hydrogen-bond acceptors (Lipinski definition) is 5. The van der Waals surface area contributed by atoms with Crippen LogP contribution in [0.1, 0.15) is 23.7 Å². The van der Waals surface area contributed by atoms with Crippen molar-refractivity contribution in [3.05, 3.63) is 33.9 Å². The van der Waals surface area contributed by atoms with Crippen LogP contribution in [0.15, 0.2) is 18.2 Å². The number of nitrogens with one attached hydrogen (secondary N) is 2. The Kier molecular flexibility index (Phi) is 6.45. The summed E-state index contributed by atoms with van der Waals surface area (Å²) in [6.07, 6.45) is 0.698. The van der Waals surface area contributed by atoms with E-state index in [1.165, 1.54) is 12.1 Å². The molecule has 110 valence electrons. The van der Waals surface area contributed by atoms with Gasteiger partial charge in [0.15, 0.2) is 0 Å². The van der Waals surface area contributed by atoms with Crippen molar-refractivity contribution in [3.8, 4) is 0 Å². The summed E-state index contributed by atoms with van der Waals surface area (Å²) in [4.78, 5) is 22.4. The number of amides is 1. The van der Waals surface area contributed by atoms with Gasteiger partial charge in [0.25, 0.3) is 11.6 Å². The summed E-state index contributed by atoms with van der Waals surface area (Å²) < 4.78 is 5.16. The predicted molar refractivity (Wildman–Crippen MR) is 76.1 cm³/mol. The number of nitrogens with zero attached hydrogens (tertiary/aromatic N) is 1. The van der Waals surface area contributed by atoms with Gasteiger partial charge >= 0.3 is 0 Å². The first-order valence-corrected chi connectivity index (χ1v) is 6.42. The molecule has 0 aliphatic carbocycles. The molecule has 0 heterocycles. The Morgan fingerprint density at radius 1 is 1.45 bits per heavy atom. The number of benzene rings is 1. The van der Waals surface area contributed by atoms with Crippen LogP contribution in [0.5, 0.6) is 0 Å². The number of anilines is 1. The van der Waals surface area contributed by atoms with Crippen LogP contribution in [0.25, 0.3) is 0 Å². The van der Waals surface area contributed by atoms with E-state index in [-0.39, 0.29) is 22.8 Å². The predicted octanol–water partition coefficient (Wildman–Crippen LogP) is 1.79. The minimum atomic E-state index is -0.516. The Morgan fingerprint density at radius 3 is 2.80 bits per heavy atom. The number of carbonyl (C=O) groups is 1. The molecule has 1 aromatic rings. The molecule has 0 aliphatic heterocycles. The van der Waals surface area contributed by atoms with Crippen molar-refractivity contribution in [1.29, 1.82) is 0 Å². The zero-order valence-corrected chi connectivity index (χ0v) is 11.6. The highest BCUT2D eigenvalue weighted by molar-refractivity contribution is 6.01. The van der Waals surface area contributed by atoms with Crippen molar-refractivity contribution in [1.82, 2.24) is 5.32 Å². The SMILES string of the molecule is CCOCCCNC(=O)c1cccc([N+](=O)[O-])c1NC. The van der Waals surface area contributed by atoms with Gasteiger partial charge in [0, 0.05) is 32.9 Å². The van der Waals surface area contributed by atoms with E-state index in [0.29, 0.717) is 26.2 Å². The minimum Gasteiger partial charge on any atom is -0.382 e. The van der Waals surface area contributed by atoms with Gasteiger partial charge in [-0.05, 0) is 19.4 Å².